The molecule has 1 aliphatic carbocycles. The van der Waals surface area contributed by atoms with Crippen molar-refractivity contribution >= 4 is 33.1 Å². The Morgan fingerprint density at radius 2 is 1.83 bits per heavy atom. The minimum Gasteiger partial charge on any atom is -0.455 e. The molecule has 2 aromatic rings. The summed E-state index contributed by atoms with van der Waals surface area (Å²) in [5.74, 6) is 0.815. The van der Waals surface area contributed by atoms with Crippen LogP contribution in [0.25, 0.3) is 0 Å². The predicted molar refractivity (Wildman–Crippen MR) is 89.1 cm³/mol. The number of Topliss-reactive ketones (excluding diaryl/α,β-unsaturated/α-hetero) is 1. The molecule has 0 spiro atoms. The maximum atomic E-state index is 11.9. The Labute approximate surface area is 139 Å². The van der Waals surface area contributed by atoms with Crippen LogP contribution in [0.1, 0.15) is 22.3 Å². The van der Waals surface area contributed by atoms with Crippen LogP contribution in [0, 0.1) is 0 Å². The predicted octanol–water partition coefficient (Wildman–Crippen LogP) is 3.63. The minimum atomic E-state index is -3.47. The van der Waals surface area contributed by atoms with Crippen molar-refractivity contribution in [1.82, 2.24) is 0 Å². The molecule has 0 aliphatic heterocycles. The summed E-state index contributed by atoms with van der Waals surface area (Å²) in [6.07, 6.45) is 2.10. The summed E-state index contributed by atoms with van der Waals surface area (Å²) in [5.41, 5.74) is 1.72. The first-order valence-corrected chi connectivity index (χ1v) is 9.20. The van der Waals surface area contributed by atoms with Gasteiger partial charge in [-0.15, -0.1) is 0 Å². The van der Waals surface area contributed by atoms with Crippen molar-refractivity contribution in [3.63, 3.8) is 0 Å². The van der Waals surface area contributed by atoms with Crippen molar-refractivity contribution < 1.29 is 17.9 Å². The molecule has 1 N–H and O–H groups in total. The number of carbonyl (C=O) groups excluding carboxylic acids is 1. The van der Waals surface area contributed by atoms with E-state index in [1.54, 1.807) is 36.4 Å². The standard InChI is InChI=1S/C16H14ClNO4S/c1-23(20,21)18-14-8-10-2-7-15(19)13(10)9-16(14)22-12-5-3-11(17)4-6-12/h3-6,8-9,18H,2,7H2,1H3. The summed E-state index contributed by atoms with van der Waals surface area (Å²) in [6.45, 7) is 0. The molecular formula is C16H14ClNO4S. The lowest BCUT2D eigenvalue weighted by atomic mass is 10.1. The van der Waals surface area contributed by atoms with E-state index in [9.17, 15) is 13.2 Å². The van der Waals surface area contributed by atoms with Gasteiger partial charge in [0.2, 0.25) is 10.0 Å². The van der Waals surface area contributed by atoms with E-state index >= 15 is 0 Å². The van der Waals surface area contributed by atoms with Gasteiger partial charge in [0, 0.05) is 17.0 Å². The minimum absolute atomic E-state index is 0.0341. The molecular weight excluding hydrogens is 338 g/mol. The zero-order valence-corrected chi connectivity index (χ0v) is 13.9. The maximum Gasteiger partial charge on any atom is 0.229 e. The number of benzene rings is 2. The van der Waals surface area contributed by atoms with Gasteiger partial charge >= 0.3 is 0 Å². The summed E-state index contributed by atoms with van der Waals surface area (Å²) < 4.78 is 31.3. The highest BCUT2D eigenvalue weighted by Crippen LogP contribution is 2.36. The van der Waals surface area contributed by atoms with E-state index in [2.05, 4.69) is 4.72 Å². The van der Waals surface area contributed by atoms with Crippen molar-refractivity contribution in [3.8, 4) is 11.5 Å². The van der Waals surface area contributed by atoms with E-state index in [-0.39, 0.29) is 11.5 Å². The lowest BCUT2D eigenvalue weighted by Crippen LogP contribution is -2.11. The number of sulfonamides is 1. The Morgan fingerprint density at radius 1 is 1.13 bits per heavy atom. The van der Waals surface area contributed by atoms with Crippen LogP contribution in [0.3, 0.4) is 0 Å². The third-order valence-electron chi connectivity index (χ3n) is 3.46. The summed E-state index contributed by atoms with van der Waals surface area (Å²) in [4.78, 5) is 11.9. The highest BCUT2D eigenvalue weighted by molar-refractivity contribution is 7.92. The Hall–Kier alpha value is -2.05. The van der Waals surface area contributed by atoms with Crippen LogP contribution >= 0.6 is 11.6 Å². The number of ether oxygens (including phenoxy) is 1. The Kier molecular flexibility index (Phi) is 4.04. The van der Waals surface area contributed by atoms with Gasteiger partial charge in [-0.3, -0.25) is 9.52 Å². The number of halogens is 1. The van der Waals surface area contributed by atoms with Gasteiger partial charge in [-0.25, -0.2) is 8.42 Å². The third-order valence-corrected chi connectivity index (χ3v) is 4.31. The second-order valence-corrected chi connectivity index (χ2v) is 7.54. The number of aryl methyl sites for hydroxylation is 1. The van der Waals surface area contributed by atoms with Gasteiger partial charge in [0.05, 0.1) is 11.9 Å². The van der Waals surface area contributed by atoms with Crippen molar-refractivity contribution in [1.29, 1.82) is 0 Å². The first kappa shape index (κ1) is 15.8. The van der Waals surface area contributed by atoms with E-state index in [1.807, 2.05) is 0 Å². The molecule has 0 saturated carbocycles. The second-order valence-electron chi connectivity index (χ2n) is 5.36. The fourth-order valence-corrected chi connectivity index (χ4v) is 3.15. The average molecular weight is 352 g/mol. The van der Waals surface area contributed by atoms with E-state index in [1.165, 1.54) is 0 Å². The number of fused-ring (bicyclic) bond motifs is 1. The van der Waals surface area contributed by atoms with Crippen LogP contribution in [-0.2, 0) is 16.4 Å². The highest BCUT2D eigenvalue weighted by Gasteiger charge is 2.23. The Balaban J connectivity index is 2.03. The van der Waals surface area contributed by atoms with Crippen molar-refractivity contribution in [2.75, 3.05) is 11.0 Å². The van der Waals surface area contributed by atoms with Crippen LogP contribution in [0.2, 0.25) is 5.02 Å². The van der Waals surface area contributed by atoms with Crippen LogP contribution in [0.5, 0.6) is 11.5 Å². The molecule has 0 unspecified atom stereocenters. The van der Waals surface area contributed by atoms with E-state index in [0.29, 0.717) is 34.9 Å². The molecule has 0 bridgehead atoms. The highest BCUT2D eigenvalue weighted by atomic mass is 35.5. The fourth-order valence-electron chi connectivity index (χ4n) is 2.47. The zero-order valence-electron chi connectivity index (χ0n) is 12.3. The first-order valence-electron chi connectivity index (χ1n) is 6.93. The molecule has 23 heavy (non-hydrogen) atoms. The fraction of sp³-hybridized carbons (Fsp3) is 0.188. The number of ketones is 1. The molecule has 1 aliphatic rings. The molecule has 5 nitrogen and oxygen atoms in total. The van der Waals surface area contributed by atoms with Crippen LogP contribution < -0.4 is 9.46 Å². The van der Waals surface area contributed by atoms with Crippen molar-refractivity contribution in [3.05, 3.63) is 52.5 Å². The maximum absolute atomic E-state index is 11.9. The Morgan fingerprint density at radius 3 is 2.48 bits per heavy atom. The summed E-state index contributed by atoms with van der Waals surface area (Å²) >= 11 is 5.84. The van der Waals surface area contributed by atoms with Crippen LogP contribution in [-0.4, -0.2) is 20.5 Å². The third kappa shape index (κ3) is 3.65. The van der Waals surface area contributed by atoms with Gasteiger partial charge in [0.1, 0.15) is 5.75 Å². The molecule has 120 valence electrons. The number of hydrogen-bond acceptors (Lipinski definition) is 4. The first-order chi connectivity index (χ1) is 10.8. The summed E-state index contributed by atoms with van der Waals surface area (Å²) in [7, 11) is -3.47. The lowest BCUT2D eigenvalue weighted by Gasteiger charge is -2.14. The van der Waals surface area contributed by atoms with Crippen LogP contribution in [0.15, 0.2) is 36.4 Å². The second kappa shape index (κ2) is 5.86. The number of anilines is 1. The summed E-state index contributed by atoms with van der Waals surface area (Å²) in [5, 5.41) is 0.566. The van der Waals surface area contributed by atoms with Crippen molar-refractivity contribution in [2.24, 2.45) is 0 Å². The van der Waals surface area contributed by atoms with Gasteiger partial charge in [0.15, 0.2) is 11.5 Å². The van der Waals surface area contributed by atoms with Gasteiger partial charge < -0.3 is 4.74 Å². The van der Waals surface area contributed by atoms with E-state index in [0.717, 1.165) is 11.8 Å². The average Bonchev–Trinajstić information content (AvgIpc) is 2.81. The number of carbonyl (C=O) groups is 1. The topological polar surface area (TPSA) is 72.5 Å². The molecule has 3 rings (SSSR count). The molecule has 0 radical (unpaired) electrons. The van der Waals surface area contributed by atoms with E-state index < -0.39 is 10.0 Å². The largest absolute Gasteiger partial charge is 0.455 e. The number of hydrogen-bond donors (Lipinski definition) is 1. The van der Waals surface area contributed by atoms with Crippen molar-refractivity contribution in [2.45, 2.75) is 12.8 Å². The lowest BCUT2D eigenvalue weighted by molar-refractivity contribution is 0.0994. The Bertz CT molecular complexity index is 876. The molecule has 2 aromatic carbocycles. The normalized spacial score (nSPS) is 13.7. The van der Waals surface area contributed by atoms with Gasteiger partial charge in [-0.1, -0.05) is 11.6 Å². The number of nitrogens with one attached hydrogen (secondary N) is 1. The van der Waals surface area contributed by atoms with Crippen LogP contribution in [0.4, 0.5) is 5.69 Å². The van der Waals surface area contributed by atoms with Gasteiger partial charge in [0.25, 0.3) is 0 Å². The molecule has 0 atom stereocenters. The smallest absolute Gasteiger partial charge is 0.229 e. The van der Waals surface area contributed by atoms with E-state index in [4.69, 9.17) is 16.3 Å². The molecule has 0 saturated heterocycles. The van der Waals surface area contributed by atoms with Gasteiger partial charge in [-0.2, -0.15) is 0 Å². The molecule has 0 aromatic heterocycles. The molecule has 7 heteroatoms. The zero-order chi connectivity index (χ0) is 16.6. The molecule has 0 heterocycles. The number of rotatable bonds is 4. The summed E-state index contributed by atoms with van der Waals surface area (Å²) in [6, 6.07) is 9.92. The van der Waals surface area contributed by atoms with Gasteiger partial charge in [-0.05, 0) is 48.4 Å². The molecule has 0 amide bonds. The SMILES string of the molecule is CS(=O)(=O)Nc1cc2c(cc1Oc1ccc(Cl)cc1)C(=O)CC2. The quantitative estimate of drug-likeness (QED) is 0.912. The monoisotopic (exact) mass is 351 g/mol. The molecule has 0 fully saturated rings.